The zero-order valence-corrected chi connectivity index (χ0v) is 10.5. The topological polar surface area (TPSA) is 115 Å². The molecule has 0 saturated carbocycles. The van der Waals surface area contributed by atoms with Gasteiger partial charge in [0.05, 0.1) is 6.61 Å². The lowest BCUT2D eigenvalue weighted by Gasteiger charge is -2.25. The summed E-state index contributed by atoms with van der Waals surface area (Å²) in [6.07, 6.45) is -0.172. The van der Waals surface area contributed by atoms with E-state index in [1.165, 1.54) is 0 Å². The summed E-state index contributed by atoms with van der Waals surface area (Å²) in [6.45, 7) is -0.482. The van der Waals surface area contributed by atoms with Gasteiger partial charge in [0.1, 0.15) is 5.60 Å². The second kappa shape index (κ2) is 8.72. The molecule has 4 N–H and O–H groups in total. The van der Waals surface area contributed by atoms with Gasteiger partial charge >= 0.3 is 14.7 Å². The van der Waals surface area contributed by atoms with E-state index >= 15 is 0 Å². The average molecular weight is 274 g/mol. The molecule has 0 radical (unpaired) electrons. The van der Waals surface area contributed by atoms with Gasteiger partial charge in [-0.25, -0.2) is 4.57 Å². The smallest absolute Gasteiger partial charge is 0.324 e. The van der Waals surface area contributed by atoms with E-state index in [0.717, 1.165) is 0 Å². The molecule has 1 rings (SSSR count). The van der Waals surface area contributed by atoms with E-state index in [9.17, 15) is 9.90 Å². The molecule has 0 spiro atoms. The van der Waals surface area contributed by atoms with Crippen LogP contribution >= 0.6 is 8.69 Å². The monoisotopic (exact) mass is 274 g/mol. The van der Waals surface area contributed by atoms with Gasteiger partial charge in [0.2, 0.25) is 0 Å². The van der Waals surface area contributed by atoms with Crippen LogP contribution in [0, 0.1) is 0 Å². The summed E-state index contributed by atoms with van der Waals surface area (Å²) in [5, 5.41) is 27.7. The second-order valence-electron chi connectivity index (χ2n) is 3.53. The lowest BCUT2D eigenvalue weighted by Crippen LogP contribution is -2.30. The van der Waals surface area contributed by atoms with Crippen molar-refractivity contribution in [3.8, 4) is 0 Å². The fourth-order valence-electron chi connectivity index (χ4n) is 1.38. The Balaban J connectivity index is 0.000000873. The minimum atomic E-state index is -1.46. The molecule has 0 saturated heterocycles. The van der Waals surface area contributed by atoms with E-state index in [1.54, 1.807) is 30.3 Å². The first-order chi connectivity index (χ1) is 8.50. The number of benzene rings is 1. The third-order valence-electron chi connectivity index (χ3n) is 2.33. The van der Waals surface area contributed by atoms with Crippen molar-refractivity contribution in [1.82, 2.24) is 0 Å². The fraction of sp³-hybridized carbons (Fsp3) is 0.364. The number of carboxylic acid groups (broad SMARTS) is 1. The molecule has 100 valence electrons. The van der Waals surface area contributed by atoms with Gasteiger partial charge in [-0.3, -0.25) is 4.79 Å². The SMILES string of the molecule is O=C(O)CCC(O)(CO)c1ccccc1.O=PO. The Labute approximate surface area is 106 Å². The predicted molar refractivity (Wildman–Crippen MR) is 64.1 cm³/mol. The zero-order valence-electron chi connectivity index (χ0n) is 9.56. The number of carboxylic acids is 1. The van der Waals surface area contributed by atoms with E-state index < -0.39 is 26.9 Å². The van der Waals surface area contributed by atoms with Crippen molar-refractivity contribution in [3.63, 3.8) is 0 Å². The highest BCUT2D eigenvalue weighted by Crippen LogP contribution is 2.25. The number of carbonyl (C=O) groups is 1. The van der Waals surface area contributed by atoms with Crippen molar-refractivity contribution in [2.75, 3.05) is 6.61 Å². The van der Waals surface area contributed by atoms with E-state index in [0.29, 0.717) is 5.56 Å². The molecule has 1 aromatic rings. The van der Waals surface area contributed by atoms with Crippen LogP contribution in [-0.4, -0.2) is 32.8 Å². The molecule has 0 bridgehead atoms. The summed E-state index contributed by atoms with van der Waals surface area (Å²) in [6, 6.07) is 8.59. The molecule has 0 heterocycles. The van der Waals surface area contributed by atoms with Crippen LogP contribution in [0.3, 0.4) is 0 Å². The number of hydrogen-bond acceptors (Lipinski definition) is 4. The molecule has 6 nitrogen and oxygen atoms in total. The van der Waals surface area contributed by atoms with Crippen LogP contribution in [0.25, 0.3) is 0 Å². The predicted octanol–water partition coefficient (Wildman–Crippen LogP) is 0.917. The van der Waals surface area contributed by atoms with Crippen molar-refractivity contribution >= 4 is 14.7 Å². The normalized spacial score (nSPS) is 13.3. The zero-order chi connectivity index (χ0) is 14.0. The maximum absolute atomic E-state index is 10.4. The van der Waals surface area contributed by atoms with Gasteiger partial charge in [0.15, 0.2) is 0 Å². The maximum Gasteiger partial charge on any atom is 0.324 e. The molecule has 18 heavy (non-hydrogen) atoms. The Kier molecular flexibility index (Phi) is 8.07. The van der Waals surface area contributed by atoms with Gasteiger partial charge in [-0.05, 0) is 12.0 Å². The van der Waals surface area contributed by atoms with E-state index in [-0.39, 0.29) is 12.8 Å². The van der Waals surface area contributed by atoms with E-state index in [2.05, 4.69) is 0 Å². The number of aliphatic carboxylic acids is 1. The highest BCUT2D eigenvalue weighted by Gasteiger charge is 2.28. The molecule has 0 aliphatic rings. The Morgan fingerprint density at radius 3 is 2.17 bits per heavy atom. The van der Waals surface area contributed by atoms with E-state index in [1.807, 2.05) is 0 Å². The molecule has 1 unspecified atom stereocenters. The average Bonchev–Trinajstić information content (AvgIpc) is 2.38. The van der Waals surface area contributed by atoms with Crippen LogP contribution in [-0.2, 0) is 15.0 Å². The van der Waals surface area contributed by atoms with Crippen molar-refractivity contribution in [2.45, 2.75) is 18.4 Å². The summed E-state index contributed by atoms with van der Waals surface area (Å²) < 4.78 is 8.46. The Morgan fingerprint density at radius 1 is 1.28 bits per heavy atom. The third-order valence-corrected chi connectivity index (χ3v) is 2.33. The Hall–Kier alpha value is -1.33. The van der Waals surface area contributed by atoms with Crippen LogP contribution < -0.4 is 0 Å². The lowest BCUT2D eigenvalue weighted by atomic mass is 9.90. The first kappa shape index (κ1) is 16.7. The summed E-state index contributed by atoms with van der Waals surface area (Å²) >= 11 is 0. The largest absolute Gasteiger partial charge is 0.481 e. The molecule has 0 aliphatic carbocycles. The highest BCUT2D eigenvalue weighted by atomic mass is 31.1. The minimum Gasteiger partial charge on any atom is -0.481 e. The van der Waals surface area contributed by atoms with Gasteiger partial charge < -0.3 is 20.2 Å². The van der Waals surface area contributed by atoms with Crippen LogP contribution in [0.4, 0.5) is 0 Å². The molecule has 0 amide bonds. The first-order valence-electron chi connectivity index (χ1n) is 5.07. The Bertz CT molecular complexity index is 369. The van der Waals surface area contributed by atoms with Crippen molar-refractivity contribution < 1.29 is 29.6 Å². The number of rotatable bonds is 5. The number of aliphatic hydroxyl groups is 2. The van der Waals surface area contributed by atoms with Crippen LogP contribution in [0.15, 0.2) is 30.3 Å². The molecule has 7 heteroatoms. The summed E-state index contributed by atoms with van der Waals surface area (Å²) in [5.74, 6) is -0.988. The second-order valence-corrected chi connectivity index (χ2v) is 3.69. The minimum absolute atomic E-state index is 0.00282. The van der Waals surface area contributed by atoms with Crippen LogP contribution in [0.1, 0.15) is 18.4 Å². The standard InChI is InChI=1S/C11H14O4.HO2P/c12-8-11(15,7-6-10(13)14)9-4-2-1-3-5-9;1-3-2/h1-5,12,15H,6-8H2,(H,13,14);(H,1,2). The molecular formula is C11H15O6P. The highest BCUT2D eigenvalue weighted by molar-refractivity contribution is 7.16. The van der Waals surface area contributed by atoms with Gasteiger partial charge in [-0.1, -0.05) is 30.3 Å². The molecule has 0 fully saturated rings. The van der Waals surface area contributed by atoms with Crippen molar-refractivity contribution in [3.05, 3.63) is 35.9 Å². The molecular weight excluding hydrogens is 259 g/mol. The van der Waals surface area contributed by atoms with Gasteiger partial charge in [-0.15, -0.1) is 0 Å². The van der Waals surface area contributed by atoms with Crippen molar-refractivity contribution in [2.24, 2.45) is 0 Å². The summed E-state index contributed by atoms with van der Waals surface area (Å²) in [7, 11) is -0.833. The van der Waals surface area contributed by atoms with Crippen LogP contribution in [0.5, 0.6) is 0 Å². The van der Waals surface area contributed by atoms with Gasteiger partial charge in [0.25, 0.3) is 0 Å². The maximum atomic E-state index is 10.4. The summed E-state index contributed by atoms with van der Waals surface area (Å²) in [4.78, 5) is 17.4. The van der Waals surface area contributed by atoms with Gasteiger partial charge in [0, 0.05) is 6.42 Å². The lowest BCUT2D eigenvalue weighted by molar-refractivity contribution is -0.139. The third kappa shape index (κ3) is 5.84. The fourth-order valence-corrected chi connectivity index (χ4v) is 1.38. The molecule has 1 aromatic carbocycles. The van der Waals surface area contributed by atoms with Gasteiger partial charge in [-0.2, -0.15) is 0 Å². The first-order valence-corrected chi connectivity index (χ1v) is 5.84. The molecule has 0 aromatic heterocycles. The number of aliphatic hydroxyl groups excluding tert-OH is 1. The van der Waals surface area contributed by atoms with Crippen LogP contribution in [0.2, 0.25) is 0 Å². The van der Waals surface area contributed by atoms with E-state index in [4.69, 9.17) is 19.7 Å². The molecule has 0 aliphatic heterocycles. The quantitative estimate of drug-likeness (QED) is 0.593. The Morgan fingerprint density at radius 2 is 1.78 bits per heavy atom. The number of hydrogen-bond donors (Lipinski definition) is 4. The summed E-state index contributed by atoms with van der Waals surface area (Å²) in [5.41, 5.74) is -0.923. The van der Waals surface area contributed by atoms with Crippen molar-refractivity contribution in [1.29, 1.82) is 0 Å². The molecule has 1 atom stereocenters.